The van der Waals surface area contributed by atoms with Crippen LogP contribution in [0.2, 0.25) is 0 Å². The van der Waals surface area contributed by atoms with E-state index in [0.717, 1.165) is 29.6 Å². The Bertz CT molecular complexity index is 944. The summed E-state index contributed by atoms with van der Waals surface area (Å²) in [6, 6.07) is 17.3. The van der Waals surface area contributed by atoms with Gasteiger partial charge in [0.05, 0.1) is 0 Å². The second kappa shape index (κ2) is 6.45. The second-order valence-corrected chi connectivity index (χ2v) is 7.25. The largest absolute Gasteiger partial charge is 0.340 e. The summed E-state index contributed by atoms with van der Waals surface area (Å²) in [5, 5.41) is 3.45. The maximum Gasteiger partial charge on any atom is 0.232 e. The van der Waals surface area contributed by atoms with E-state index in [2.05, 4.69) is 73.5 Å². The van der Waals surface area contributed by atoms with Crippen molar-refractivity contribution in [1.82, 2.24) is 9.97 Å². The molecule has 4 rings (SSSR count). The minimum Gasteiger partial charge on any atom is -0.340 e. The number of fused-ring (bicyclic) bond motifs is 1. The fraction of sp³-hybridized carbons (Fsp3) is 0.273. The number of para-hydroxylation sites is 1. The number of hydrogen-bond acceptors (Lipinski definition) is 4. The van der Waals surface area contributed by atoms with E-state index >= 15 is 0 Å². The number of nitrogens with one attached hydrogen (secondary N) is 1. The molecular weight excluding hydrogens is 320 g/mol. The van der Waals surface area contributed by atoms with Crippen molar-refractivity contribution < 1.29 is 0 Å². The lowest BCUT2D eigenvalue weighted by Gasteiger charge is -2.23. The maximum atomic E-state index is 4.82. The lowest BCUT2D eigenvalue weighted by Crippen LogP contribution is -2.26. The van der Waals surface area contributed by atoms with Crippen molar-refractivity contribution in [2.75, 3.05) is 10.2 Å². The summed E-state index contributed by atoms with van der Waals surface area (Å²) >= 11 is 0. The van der Waals surface area contributed by atoms with Gasteiger partial charge in [0.1, 0.15) is 5.82 Å². The highest BCUT2D eigenvalue weighted by molar-refractivity contribution is 5.68. The number of anilines is 4. The van der Waals surface area contributed by atoms with Gasteiger partial charge in [-0.3, -0.25) is 0 Å². The highest BCUT2D eigenvalue weighted by Gasteiger charge is 2.29. The zero-order valence-corrected chi connectivity index (χ0v) is 15.7. The topological polar surface area (TPSA) is 41.1 Å². The molecule has 0 saturated carbocycles. The Morgan fingerprint density at radius 1 is 0.962 bits per heavy atom. The number of rotatable bonds is 3. The van der Waals surface area contributed by atoms with Gasteiger partial charge in [-0.05, 0) is 69.0 Å². The van der Waals surface area contributed by atoms with Crippen LogP contribution in [-0.2, 0) is 6.42 Å². The Hall–Kier alpha value is -2.88. The van der Waals surface area contributed by atoms with Crippen LogP contribution < -0.4 is 10.2 Å². The van der Waals surface area contributed by atoms with E-state index < -0.39 is 0 Å². The van der Waals surface area contributed by atoms with Crippen molar-refractivity contribution in [3.05, 3.63) is 70.9 Å². The Labute approximate surface area is 154 Å². The summed E-state index contributed by atoms with van der Waals surface area (Å²) in [5.74, 6) is 1.59. The molecule has 0 radical (unpaired) electrons. The summed E-state index contributed by atoms with van der Waals surface area (Å²) in [6.07, 6.45) is 1.02. The standard InChI is InChI=1S/C22H24N4/c1-14-9-15(2)11-19(10-14)24-21-12-16(3)23-22(25-21)26-17(4)13-18-7-5-6-8-20(18)26/h5-12,17H,13H2,1-4H3,(H,23,24,25). The first-order valence-corrected chi connectivity index (χ1v) is 9.08. The highest BCUT2D eigenvalue weighted by Crippen LogP contribution is 2.37. The predicted molar refractivity (Wildman–Crippen MR) is 108 cm³/mol. The SMILES string of the molecule is Cc1cc(C)cc(Nc2cc(C)nc(N3c4ccccc4CC3C)n2)c1. The molecule has 1 atom stereocenters. The third kappa shape index (κ3) is 3.15. The summed E-state index contributed by atoms with van der Waals surface area (Å²) in [7, 11) is 0. The molecule has 0 spiro atoms. The average molecular weight is 344 g/mol. The van der Waals surface area contributed by atoms with Gasteiger partial charge >= 0.3 is 0 Å². The first kappa shape index (κ1) is 16.6. The summed E-state index contributed by atoms with van der Waals surface area (Å²) in [4.78, 5) is 11.8. The van der Waals surface area contributed by atoms with Crippen LogP contribution in [0.1, 0.15) is 29.3 Å². The molecule has 0 amide bonds. The first-order chi connectivity index (χ1) is 12.5. The Balaban J connectivity index is 1.71. The van der Waals surface area contributed by atoms with Crippen LogP contribution in [0.4, 0.5) is 23.1 Å². The molecule has 1 aromatic heterocycles. The molecule has 3 aromatic rings. The van der Waals surface area contributed by atoms with Crippen molar-refractivity contribution >= 4 is 23.1 Å². The molecule has 4 heteroatoms. The van der Waals surface area contributed by atoms with E-state index in [1.807, 2.05) is 13.0 Å². The second-order valence-electron chi connectivity index (χ2n) is 7.25. The lowest BCUT2D eigenvalue weighted by atomic mass is 10.1. The molecule has 4 nitrogen and oxygen atoms in total. The van der Waals surface area contributed by atoms with Gasteiger partial charge in [0, 0.05) is 29.2 Å². The van der Waals surface area contributed by atoms with E-state index in [4.69, 9.17) is 9.97 Å². The van der Waals surface area contributed by atoms with Crippen LogP contribution in [0.25, 0.3) is 0 Å². The van der Waals surface area contributed by atoms with E-state index in [-0.39, 0.29) is 0 Å². The van der Waals surface area contributed by atoms with Gasteiger partial charge in [-0.25, -0.2) is 4.98 Å². The summed E-state index contributed by atoms with van der Waals surface area (Å²) < 4.78 is 0. The smallest absolute Gasteiger partial charge is 0.232 e. The number of benzene rings is 2. The Kier molecular flexibility index (Phi) is 4.11. The quantitative estimate of drug-likeness (QED) is 0.706. The monoisotopic (exact) mass is 344 g/mol. The van der Waals surface area contributed by atoms with Crippen molar-refractivity contribution in [2.45, 2.75) is 40.2 Å². The highest BCUT2D eigenvalue weighted by atomic mass is 15.3. The van der Waals surface area contributed by atoms with Crippen molar-refractivity contribution in [3.8, 4) is 0 Å². The zero-order valence-electron chi connectivity index (χ0n) is 15.7. The van der Waals surface area contributed by atoms with Gasteiger partial charge in [0.2, 0.25) is 5.95 Å². The first-order valence-electron chi connectivity index (χ1n) is 9.08. The fourth-order valence-electron chi connectivity index (χ4n) is 3.79. The molecule has 0 fully saturated rings. The average Bonchev–Trinajstić information content (AvgIpc) is 2.89. The van der Waals surface area contributed by atoms with Gasteiger partial charge in [0.25, 0.3) is 0 Å². The third-order valence-corrected chi connectivity index (χ3v) is 4.76. The van der Waals surface area contributed by atoms with E-state index in [0.29, 0.717) is 6.04 Å². The molecule has 0 saturated heterocycles. The lowest BCUT2D eigenvalue weighted by molar-refractivity contribution is 0.738. The van der Waals surface area contributed by atoms with E-state index in [1.54, 1.807) is 0 Å². The number of aromatic nitrogens is 2. The molecule has 132 valence electrons. The molecule has 1 unspecified atom stereocenters. The van der Waals surface area contributed by atoms with Crippen molar-refractivity contribution in [2.24, 2.45) is 0 Å². The van der Waals surface area contributed by atoms with Gasteiger partial charge in [-0.15, -0.1) is 0 Å². The van der Waals surface area contributed by atoms with Crippen LogP contribution in [0.5, 0.6) is 0 Å². The maximum absolute atomic E-state index is 4.82. The molecule has 26 heavy (non-hydrogen) atoms. The van der Waals surface area contributed by atoms with Crippen LogP contribution >= 0.6 is 0 Å². The van der Waals surface area contributed by atoms with Crippen molar-refractivity contribution in [3.63, 3.8) is 0 Å². The van der Waals surface area contributed by atoms with Crippen molar-refractivity contribution in [1.29, 1.82) is 0 Å². The van der Waals surface area contributed by atoms with Gasteiger partial charge in [-0.2, -0.15) is 4.98 Å². The Morgan fingerprint density at radius 3 is 2.46 bits per heavy atom. The molecule has 1 aliphatic rings. The fourth-order valence-corrected chi connectivity index (χ4v) is 3.79. The summed E-state index contributed by atoms with van der Waals surface area (Å²) in [5.41, 5.74) is 7.05. The van der Waals surface area contributed by atoms with E-state index in [9.17, 15) is 0 Å². The number of aryl methyl sites for hydroxylation is 3. The third-order valence-electron chi connectivity index (χ3n) is 4.76. The molecule has 0 aliphatic carbocycles. The molecule has 2 aromatic carbocycles. The normalized spacial score (nSPS) is 15.8. The van der Waals surface area contributed by atoms with Gasteiger partial charge < -0.3 is 10.2 Å². The molecular formula is C22H24N4. The number of hydrogen-bond donors (Lipinski definition) is 1. The van der Waals surface area contributed by atoms with Crippen LogP contribution in [-0.4, -0.2) is 16.0 Å². The minimum atomic E-state index is 0.350. The van der Waals surface area contributed by atoms with Crippen LogP contribution in [0.3, 0.4) is 0 Å². The minimum absolute atomic E-state index is 0.350. The Morgan fingerprint density at radius 2 is 1.69 bits per heavy atom. The van der Waals surface area contributed by atoms with Gasteiger partial charge in [0.15, 0.2) is 0 Å². The zero-order chi connectivity index (χ0) is 18.3. The molecule has 1 N–H and O–H groups in total. The number of nitrogens with zero attached hydrogens (tertiary/aromatic N) is 3. The van der Waals surface area contributed by atoms with E-state index in [1.165, 1.54) is 22.4 Å². The van der Waals surface area contributed by atoms with Crippen LogP contribution in [0.15, 0.2) is 48.5 Å². The molecule has 1 aliphatic heterocycles. The molecule has 0 bridgehead atoms. The summed E-state index contributed by atoms with van der Waals surface area (Å²) in [6.45, 7) is 8.46. The van der Waals surface area contributed by atoms with Gasteiger partial charge in [-0.1, -0.05) is 24.3 Å². The molecule has 2 heterocycles. The van der Waals surface area contributed by atoms with Crippen LogP contribution in [0, 0.1) is 20.8 Å². The predicted octanol–water partition coefficient (Wildman–Crippen LogP) is 5.23.